The summed E-state index contributed by atoms with van der Waals surface area (Å²) in [6.45, 7) is 2.92. The number of hydrogen-bond acceptors (Lipinski definition) is 5. The van der Waals surface area contributed by atoms with E-state index in [-0.39, 0.29) is 5.91 Å². The molecule has 6 nitrogen and oxygen atoms in total. The van der Waals surface area contributed by atoms with Gasteiger partial charge in [-0.3, -0.25) is 4.79 Å². The molecule has 0 saturated carbocycles. The first-order valence-corrected chi connectivity index (χ1v) is 9.06. The number of nitrogens with zero attached hydrogens (tertiary/aromatic N) is 1. The Labute approximate surface area is 165 Å². The Morgan fingerprint density at radius 1 is 1.18 bits per heavy atom. The molecular weight excluding hydrogens is 356 g/mol. The molecule has 2 aromatic carbocycles. The first kappa shape index (κ1) is 20.8. The van der Waals surface area contributed by atoms with Gasteiger partial charge in [-0.1, -0.05) is 12.1 Å². The predicted molar refractivity (Wildman–Crippen MR) is 109 cm³/mol. The van der Waals surface area contributed by atoms with Crippen LogP contribution in [-0.2, 0) is 4.79 Å². The quantitative estimate of drug-likeness (QED) is 0.487. The van der Waals surface area contributed by atoms with E-state index in [2.05, 4.69) is 11.4 Å². The maximum Gasteiger partial charge on any atom is 0.248 e. The Morgan fingerprint density at radius 3 is 2.79 bits per heavy atom. The number of nitrogens with one attached hydrogen (secondary N) is 1. The molecule has 1 amide bonds. The summed E-state index contributed by atoms with van der Waals surface area (Å²) in [5.74, 6) is 1.68. The van der Waals surface area contributed by atoms with Gasteiger partial charge in [0, 0.05) is 24.3 Å². The van der Waals surface area contributed by atoms with Gasteiger partial charge >= 0.3 is 0 Å². The standard InChI is InChI=1S/C22H24N2O4/c1-3-27-20-11-9-17(15-21(20)26-2)10-12-22(25)24-18-7-6-8-19(16-18)28-14-5-4-13-23/h6-12,15-16H,3-5,14H2,1-2H3,(H,24,25). The number of anilines is 1. The number of carbonyl (C=O) groups is 1. The molecule has 0 saturated heterocycles. The first-order valence-electron chi connectivity index (χ1n) is 9.06. The van der Waals surface area contributed by atoms with E-state index in [1.54, 1.807) is 31.4 Å². The molecule has 0 radical (unpaired) electrons. The van der Waals surface area contributed by atoms with Crippen LogP contribution in [0.4, 0.5) is 5.69 Å². The van der Waals surface area contributed by atoms with Crippen LogP contribution in [0.2, 0.25) is 0 Å². The molecule has 0 aliphatic carbocycles. The average Bonchev–Trinajstić information content (AvgIpc) is 2.71. The van der Waals surface area contributed by atoms with E-state index >= 15 is 0 Å². The van der Waals surface area contributed by atoms with E-state index in [1.165, 1.54) is 6.08 Å². The molecular formula is C22H24N2O4. The minimum atomic E-state index is -0.255. The maximum atomic E-state index is 12.2. The lowest BCUT2D eigenvalue weighted by molar-refractivity contribution is -0.111. The van der Waals surface area contributed by atoms with Crippen LogP contribution in [0, 0.1) is 11.3 Å². The number of ether oxygens (including phenoxy) is 3. The van der Waals surface area contributed by atoms with Gasteiger partial charge in [-0.15, -0.1) is 0 Å². The zero-order chi connectivity index (χ0) is 20.2. The summed E-state index contributed by atoms with van der Waals surface area (Å²) >= 11 is 0. The average molecular weight is 380 g/mol. The van der Waals surface area contributed by atoms with Gasteiger partial charge in [0.15, 0.2) is 11.5 Å². The normalized spacial score (nSPS) is 10.3. The van der Waals surface area contributed by atoms with Crippen molar-refractivity contribution in [1.82, 2.24) is 0 Å². The zero-order valence-corrected chi connectivity index (χ0v) is 16.1. The lowest BCUT2D eigenvalue weighted by Gasteiger charge is -2.09. The molecule has 2 rings (SSSR count). The number of amides is 1. The second-order valence-electron chi connectivity index (χ2n) is 5.80. The van der Waals surface area contributed by atoms with E-state index in [1.807, 2.05) is 31.2 Å². The summed E-state index contributed by atoms with van der Waals surface area (Å²) in [6, 6.07) is 14.7. The van der Waals surface area contributed by atoms with Gasteiger partial charge in [0.05, 0.1) is 26.4 Å². The minimum Gasteiger partial charge on any atom is -0.493 e. The number of nitriles is 1. The molecule has 0 atom stereocenters. The van der Waals surface area contributed by atoms with Crippen molar-refractivity contribution in [3.05, 3.63) is 54.1 Å². The Morgan fingerprint density at radius 2 is 2.04 bits per heavy atom. The number of methoxy groups -OCH3 is 1. The lowest BCUT2D eigenvalue weighted by Crippen LogP contribution is -2.08. The summed E-state index contributed by atoms with van der Waals surface area (Å²) < 4.78 is 16.4. The van der Waals surface area contributed by atoms with Crippen LogP contribution >= 0.6 is 0 Å². The zero-order valence-electron chi connectivity index (χ0n) is 16.1. The highest BCUT2D eigenvalue weighted by atomic mass is 16.5. The number of benzene rings is 2. The van der Waals surface area contributed by atoms with Gasteiger partial charge in [-0.05, 0) is 49.2 Å². The molecule has 6 heteroatoms. The van der Waals surface area contributed by atoms with Gasteiger partial charge < -0.3 is 19.5 Å². The number of unbranched alkanes of at least 4 members (excludes halogenated alkanes) is 1. The van der Waals surface area contributed by atoms with Crippen LogP contribution in [0.5, 0.6) is 17.2 Å². The van der Waals surface area contributed by atoms with Crippen molar-refractivity contribution in [3.63, 3.8) is 0 Å². The monoisotopic (exact) mass is 380 g/mol. The molecule has 0 heterocycles. The fraction of sp³-hybridized carbons (Fsp3) is 0.273. The van der Waals surface area contributed by atoms with E-state index in [0.717, 1.165) is 5.56 Å². The molecule has 28 heavy (non-hydrogen) atoms. The molecule has 0 aromatic heterocycles. The van der Waals surface area contributed by atoms with Crippen molar-refractivity contribution in [2.75, 3.05) is 25.6 Å². The lowest BCUT2D eigenvalue weighted by atomic mass is 10.2. The molecule has 0 aliphatic heterocycles. The summed E-state index contributed by atoms with van der Waals surface area (Å²) in [7, 11) is 1.58. The van der Waals surface area contributed by atoms with Crippen LogP contribution in [0.1, 0.15) is 25.3 Å². The van der Waals surface area contributed by atoms with E-state index in [9.17, 15) is 4.79 Å². The number of hydrogen-bond donors (Lipinski definition) is 1. The Kier molecular flexibility index (Phi) is 8.41. The van der Waals surface area contributed by atoms with Crippen LogP contribution in [0.15, 0.2) is 48.5 Å². The van der Waals surface area contributed by atoms with Crippen LogP contribution < -0.4 is 19.5 Å². The van der Waals surface area contributed by atoms with Crippen LogP contribution in [0.25, 0.3) is 6.08 Å². The van der Waals surface area contributed by atoms with Crippen molar-refractivity contribution < 1.29 is 19.0 Å². The number of rotatable bonds is 10. The number of carbonyl (C=O) groups excluding carboxylic acids is 1. The summed E-state index contributed by atoms with van der Waals surface area (Å²) in [5.41, 5.74) is 1.46. The predicted octanol–water partition coefficient (Wildman–Crippen LogP) is 4.43. The van der Waals surface area contributed by atoms with Gasteiger partial charge in [0.1, 0.15) is 5.75 Å². The molecule has 0 aliphatic rings. The van der Waals surface area contributed by atoms with E-state index in [0.29, 0.717) is 49.0 Å². The summed E-state index contributed by atoms with van der Waals surface area (Å²) in [5, 5.41) is 11.3. The molecule has 146 valence electrons. The third-order valence-corrected chi connectivity index (χ3v) is 3.72. The van der Waals surface area contributed by atoms with E-state index in [4.69, 9.17) is 19.5 Å². The molecule has 1 N–H and O–H groups in total. The molecule has 0 fully saturated rings. The van der Waals surface area contributed by atoms with Gasteiger partial charge in [-0.2, -0.15) is 5.26 Å². The van der Waals surface area contributed by atoms with E-state index < -0.39 is 0 Å². The SMILES string of the molecule is CCOc1ccc(C=CC(=O)Nc2cccc(OCCCC#N)c2)cc1OC. The van der Waals surface area contributed by atoms with Gasteiger partial charge in [0.25, 0.3) is 0 Å². The highest BCUT2D eigenvalue weighted by molar-refractivity contribution is 6.02. The summed E-state index contributed by atoms with van der Waals surface area (Å²) in [6.07, 6.45) is 4.28. The van der Waals surface area contributed by atoms with Crippen molar-refractivity contribution >= 4 is 17.7 Å². The van der Waals surface area contributed by atoms with Crippen molar-refractivity contribution in [3.8, 4) is 23.3 Å². The van der Waals surface area contributed by atoms with Crippen LogP contribution in [0.3, 0.4) is 0 Å². The van der Waals surface area contributed by atoms with Crippen molar-refractivity contribution in [1.29, 1.82) is 5.26 Å². The Balaban J connectivity index is 1.95. The maximum absolute atomic E-state index is 12.2. The highest BCUT2D eigenvalue weighted by Gasteiger charge is 2.05. The molecule has 2 aromatic rings. The second kappa shape index (κ2) is 11.3. The second-order valence-corrected chi connectivity index (χ2v) is 5.80. The Bertz CT molecular complexity index is 856. The fourth-order valence-corrected chi connectivity index (χ4v) is 2.42. The van der Waals surface area contributed by atoms with Crippen LogP contribution in [-0.4, -0.2) is 26.2 Å². The third-order valence-electron chi connectivity index (χ3n) is 3.72. The van der Waals surface area contributed by atoms with Gasteiger partial charge in [-0.25, -0.2) is 0 Å². The fourth-order valence-electron chi connectivity index (χ4n) is 2.42. The van der Waals surface area contributed by atoms with Gasteiger partial charge in [0.2, 0.25) is 5.91 Å². The largest absolute Gasteiger partial charge is 0.493 e. The smallest absolute Gasteiger partial charge is 0.248 e. The summed E-state index contributed by atoms with van der Waals surface area (Å²) in [4.78, 5) is 12.2. The van der Waals surface area contributed by atoms with Crippen molar-refractivity contribution in [2.24, 2.45) is 0 Å². The molecule has 0 unspecified atom stereocenters. The Hall–Kier alpha value is -3.46. The highest BCUT2D eigenvalue weighted by Crippen LogP contribution is 2.28. The first-order chi connectivity index (χ1) is 13.7. The minimum absolute atomic E-state index is 0.255. The topological polar surface area (TPSA) is 80.6 Å². The molecule has 0 spiro atoms. The van der Waals surface area contributed by atoms with Crippen molar-refractivity contribution in [2.45, 2.75) is 19.8 Å². The molecule has 0 bridgehead atoms. The third kappa shape index (κ3) is 6.69.